The van der Waals surface area contributed by atoms with Crippen molar-refractivity contribution in [3.63, 3.8) is 0 Å². The van der Waals surface area contributed by atoms with Crippen molar-refractivity contribution in [2.45, 2.75) is 19.4 Å². The van der Waals surface area contributed by atoms with Gasteiger partial charge in [0.05, 0.1) is 6.04 Å². The van der Waals surface area contributed by atoms with Gasteiger partial charge in [-0.05, 0) is 36.6 Å². The predicted octanol–water partition coefficient (Wildman–Crippen LogP) is 1.88. The molecular weight excluding hydrogens is 202 g/mol. The zero-order valence-electron chi connectivity index (χ0n) is 7.77. The highest BCUT2D eigenvalue weighted by Gasteiger charge is 2.13. The predicted molar refractivity (Wildman–Crippen MR) is 57.8 cm³/mol. The Morgan fingerprint density at radius 1 is 1.29 bits per heavy atom. The van der Waals surface area contributed by atoms with Crippen LogP contribution in [0.5, 0.6) is 11.5 Å². The normalized spacial score (nSPS) is 18.5. The molecule has 1 aromatic carbocycles. The van der Waals surface area contributed by atoms with E-state index in [1.807, 2.05) is 6.92 Å². The van der Waals surface area contributed by atoms with Gasteiger partial charge in [-0.25, -0.2) is 0 Å². The molecule has 2 N–H and O–H groups in total. The van der Waals surface area contributed by atoms with Gasteiger partial charge in [0, 0.05) is 6.21 Å². The summed E-state index contributed by atoms with van der Waals surface area (Å²) in [5, 5.41) is 18.5. The van der Waals surface area contributed by atoms with E-state index in [1.165, 1.54) is 0 Å². The Kier molecular flexibility index (Phi) is 3.01. The molecule has 0 saturated carbocycles. The summed E-state index contributed by atoms with van der Waals surface area (Å²) >= 11 is 0. The van der Waals surface area contributed by atoms with Crippen LogP contribution >= 0.6 is 12.4 Å². The van der Waals surface area contributed by atoms with E-state index in [0.717, 1.165) is 17.5 Å². The minimum Gasteiger partial charge on any atom is -0.504 e. The summed E-state index contributed by atoms with van der Waals surface area (Å²) in [6.07, 6.45) is 2.56. The van der Waals surface area contributed by atoms with E-state index >= 15 is 0 Å². The first-order chi connectivity index (χ1) is 6.16. The lowest BCUT2D eigenvalue weighted by Crippen LogP contribution is -2.11. The third-order valence-corrected chi connectivity index (χ3v) is 2.22. The van der Waals surface area contributed by atoms with Gasteiger partial charge in [0.25, 0.3) is 0 Å². The average Bonchev–Trinajstić information content (AvgIpc) is 2.08. The molecule has 1 aliphatic rings. The van der Waals surface area contributed by atoms with E-state index in [1.54, 1.807) is 18.3 Å². The maximum atomic E-state index is 9.27. The molecule has 0 aromatic heterocycles. The largest absolute Gasteiger partial charge is 0.504 e. The summed E-state index contributed by atoms with van der Waals surface area (Å²) in [6, 6.07) is 3.41. The van der Waals surface area contributed by atoms with E-state index in [-0.39, 0.29) is 29.9 Å². The van der Waals surface area contributed by atoms with E-state index in [2.05, 4.69) is 4.99 Å². The van der Waals surface area contributed by atoms with Gasteiger partial charge in [0.2, 0.25) is 0 Å². The van der Waals surface area contributed by atoms with Gasteiger partial charge < -0.3 is 10.2 Å². The van der Waals surface area contributed by atoms with E-state index in [0.29, 0.717) is 0 Å². The van der Waals surface area contributed by atoms with Crippen LogP contribution in [0.4, 0.5) is 0 Å². The highest BCUT2D eigenvalue weighted by molar-refractivity contribution is 5.85. The summed E-state index contributed by atoms with van der Waals surface area (Å²) in [7, 11) is 0. The highest BCUT2D eigenvalue weighted by Crippen LogP contribution is 2.29. The summed E-state index contributed by atoms with van der Waals surface area (Å²) in [5.74, 6) is -0.138. The number of aromatic hydroxyl groups is 2. The SMILES string of the molecule is CC1Cc2cc(O)c(O)cc2C=N1.Cl. The maximum Gasteiger partial charge on any atom is 0.158 e. The smallest absolute Gasteiger partial charge is 0.158 e. The molecule has 76 valence electrons. The highest BCUT2D eigenvalue weighted by atomic mass is 35.5. The van der Waals surface area contributed by atoms with Crippen LogP contribution < -0.4 is 0 Å². The van der Waals surface area contributed by atoms with E-state index < -0.39 is 0 Å². The molecule has 2 rings (SSSR count). The number of hydrogen-bond acceptors (Lipinski definition) is 3. The van der Waals surface area contributed by atoms with Crippen molar-refractivity contribution in [2.75, 3.05) is 0 Å². The van der Waals surface area contributed by atoms with Crippen molar-refractivity contribution in [3.05, 3.63) is 23.3 Å². The first-order valence-electron chi connectivity index (χ1n) is 4.25. The number of benzene rings is 1. The van der Waals surface area contributed by atoms with Crippen LogP contribution in [-0.4, -0.2) is 22.5 Å². The lowest BCUT2D eigenvalue weighted by atomic mass is 9.98. The molecular formula is C10H12ClNO2. The number of phenolic OH excluding ortho intramolecular Hbond substituents is 2. The lowest BCUT2D eigenvalue weighted by Gasteiger charge is -2.15. The molecule has 1 aliphatic heterocycles. The molecule has 1 atom stereocenters. The number of phenols is 2. The van der Waals surface area contributed by atoms with Crippen molar-refractivity contribution in [1.29, 1.82) is 0 Å². The third-order valence-electron chi connectivity index (χ3n) is 2.22. The Balaban J connectivity index is 0.000000980. The van der Waals surface area contributed by atoms with Gasteiger partial charge in [-0.3, -0.25) is 4.99 Å². The summed E-state index contributed by atoms with van der Waals surface area (Å²) in [6.45, 7) is 2.02. The summed E-state index contributed by atoms with van der Waals surface area (Å²) in [4.78, 5) is 4.22. The quantitative estimate of drug-likeness (QED) is 0.647. The Labute approximate surface area is 88.5 Å². The Bertz CT molecular complexity index is 377. The molecule has 1 unspecified atom stereocenters. The standard InChI is InChI=1S/C10H11NO2.ClH/c1-6-2-7-3-9(12)10(13)4-8(7)5-11-6;/h3-6,12-13H,2H2,1H3;1H. The first kappa shape index (κ1) is 10.9. The lowest BCUT2D eigenvalue weighted by molar-refractivity contribution is 0.403. The molecule has 0 bridgehead atoms. The van der Waals surface area contributed by atoms with Crippen molar-refractivity contribution in [1.82, 2.24) is 0 Å². The average molecular weight is 214 g/mol. The number of aliphatic imine (C=N–C) groups is 1. The molecule has 1 heterocycles. The minimum absolute atomic E-state index is 0. The van der Waals surface area contributed by atoms with Crippen molar-refractivity contribution in [3.8, 4) is 11.5 Å². The van der Waals surface area contributed by atoms with Gasteiger partial charge in [0.1, 0.15) is 0 Å². The summed E-state index contributed by atoms with van der Waals surface area (Å²) in [5.41, 5.74) is 1.94. The van der Waals surface area contributed by atoms with Crippen LogP contribution in [0.2, 0.25) is 0 Å². The van der Waals surface area contributed by atoms with Crippen LogP contribution in [0.1, 0.15) is 18.1 Å². The van der Waals surface area contributed by atoms with Crippen LogP contribution in [0.3, 0.4) is 0 Å². The Morgan fingerprint density at radius 2 is 1.93 bits per heavy atom. The van der Waals surface area contributed by atoms with Crippen LogP contribution in [0.25, 0.3) is 0 Å². The second kappa shape index (κ2) is 3.88. The molecule has 0 amide bonds. The molecule has 0 aliphatic carbocycles. The minimum atomic E-state index is -0.0836. The van der Waals surface area contributed by atoms with Crippen molar-refractivity contribution in [2.24, 2.45) is 4.99 Å². The van der Waals surface area contributed by atoms with Gasteiger partial charge >= 0.3 is 0 Å². The molecule has 0 spiro atoms. The number of rotatable bonds is 0. The molecule has 0 radical (unpaired) electrons. The maximum absolute atomic E-state index is 9.27. The fourth-order valence-electron chi connectivity index (χ4n) is 1.51. The van der Waals surface area contributed by atoms with Crippen molar-refractivity contribution < 1.29 is 10.2 Å². The molecule has 0 saturated heterocycles. The zero-order valence-corrected chi connectivity index (χ0v) is 8.58. The Hall–Kier alpha value is -1.22. The molecule has 4 heteroatoms. The topological polar surface area (TPSA) is 52.8 Å². The molecule has 14 heavy (non-hydrogen) atoms. The molecule has 0 fully saturated rings. The van der Waals surface area contributed by atoms with Crippen LogP contribution in [-0.2, 0) is 6.42 Å². The van der Waals surface area contributed by atoms with Gasteiger partial charge in [-0.2, -0.15) is 0 Å². The number of nitrogens with zero attached hydrogens (tertiary/aromatic N) is 1. The Morgan fingerprint density at radius 3 is 2.64 bits per heavy atom. The fourth-order valence-corrected chi connectivity index (χ4v) is 1.51. The van der Waals surface area contributed by atoms with Crippen LogP contribution in [0, 0.1) is 0 Å². The third kappa shape index (κ3) is 1.82. The second-order valence-electron chi connectivity index (χ2n) is 3.37. The fraction of sp³-hybridized carbons (Fsp3) is 0.300. The van der Waals surface area contributed by atoms with Gasteiger partial charge in [-0.15, -0.1) is 12.4 Å². The zero-order chi connectivity index (χ0) is 9.42. The second-order valence-corrected chi connectivity index (χ2v) is 3.37. The molecule has 1 aromatic rings. The van der Waals surface area contributed by atoms with E-state index in [9.17, 15) is 10.2 Å². The van der Waals surface area contributed by atoms with Crippen molar-refractivity contribution >= 4 is 18.6 Å². The van der Waals surface area contributed by atoms with Crippen LogP contribution in [0.15, 0.2) is 17.1 Å². The van der Waals surface area contributed by atoms with Gasteiger partial charge in [-0.1, -0.05) is 0 Å². The first-order valence-corrected chi connectivity index (χ1v) is 4.25. The summed E-state index contributed by atoms with van der Waals surface area (Å²) < 4.78 is 0. The molecule has 3 nitrogen and oxygen atoms in total. The number of halogens is 1. The number of hydrogen-bond donors (Lipinski definition) is 2. The monoisotopic (exact) mass is 213 g/mol. The number of fused-ring (bicyclic) bond motifs is 1. The van der Waals surface area contributed by atoms with Gasteiger partial charge in [0.15, 0.2) is 11.5 Å². The van der Waals surface area contributed by atoms with E-state index in [4.69, 9.17) is 0 Å².